The summed E-state index contributed by atoms with van der Waals surface area (Å²) in [6.45, 7) is 5.35. The van der Waals surface area contributed by atoms with Crippen LogP contribution in [0, 0.1) is 0 Å². The van der Waals surface area contributed by atoms with Gasteiger partial charge in [-0.15, -0.1) is 11.8 Å². The number of hydrogen-bond acceptors (Lipinski definition) is 5. The number of carbonyl (C=O) groups is 2. The van der Waals surface area contributed by atoms with Gasteiger partial charge in [-0.25, -0.2) is 0 Å². The zero-order chi connectivity index (χ0) is 26.5. The quantitative estimate of drug-likeness (QED) is 0.391. The molecule has 1 aliphatic carbocycles. The Morgan fingerprint density at radius 3 is 2.21 bits per heavy atom. The van der Waals surface area contributed by atoms with Crippen molar-refractivity contribution in [1.82, 2.24) is 9.80 Å². The number of carbonyl (C=O) groups excluding carboxylic acids is 2. The monoisotopic (exact) mass is 535 g/mol. The Balaban J connectivity index is 1.13. The number of benzene rings is 2. The van der Waals surface area contributed by atoms with Gasteiger partial charge in [0.25, 0.3) is 11.8 Å². The third-order valence-electron chi connectivity index (χ3n) is 8.36. The van der Waals surface area contributed by atoms with Gasteiger partial charge < -0.3 is 19.8 Å². The van der Waals surface area contributed by atoms with Crippen molar-refractivity contribution in [2.75, 3.05) is 43.5 Å². The van der Waals surface area contributed by atoms with Crippen molar-refractivity contribution < 1.29 is 14.7 Å². The van der Waals surface area contributed by atoms with E-state index in [2.05, 4.69) is 30.0 Å². The van der Waals surface area contributed by atoms with Gasteiger partial charge in [0.2, 0.25) is 0 Å². The molecule has 5 rings (SSSR count). The molecular weight excluding hydrogens is 494 g/mol. The summed E-state index contributed by atoms with van der Waals surface area (Å²) < 4.78 is 0. The number of amides is 2. The average Bonchev–Trinajstić information content (AvgIpc) is 3.35. The van der Waals surface area contributed by atoms with Crippen LogP contribution in [-0.4, -0.2) is 70.9 Å². The van der Waals surface area contributed by atoms with Gasteiger partial charge in [0, 0.05) is 43.2 Å². The number of hydrogen-bond donors (Lipinski definition) is 1. The SMILES string of the molecule is CCCCCCCCN1CSc2cc(-c3ccc(C(=O)N4CCN(C(=O)C5(O)CCC5)CC4)cc3)ccc21. The van der Waals surface area contributed by atoms with Crippen LogP contribution in [-0.2, 0) is 4.79 Å². The lowest BCUT2D eigenvalue weighted by molar-refractivity contribution is -0.161. The lowest BCUT2D eigenvalue weighted by Gasteiger charge is -2.42. The Kier molecular flexibility index (Phi) is 8.64. The number of unbranched alkanes of at least 4 members (excludes halogenated alkanes) is 5. The fraction of sp³-hybridized carbons (Fsp3) is 0.548. The van der Waals surface area contributed by atoms with E-state index in [0.717, 1.165) is 24.4 Å². The molecule has 0 atom stereocenters. The van der Waals surface area contributed by atoms with Crippen LogP contribution in [0.3, 0.4) is 0 Å². The van der Waals surface area contributed by atoms with Gasteiger partial charge in [-0.1, -0.05) is 57.2 Å². The molecule has 1 saturated carbocycles. The van der Waals surface area contributed by atoms with Crippen molar-refractivity contribution in [2.45, 2.75) is 75.2 Å². The van der Waals surface area contributed by atoms with Crippen LogP contribution in [0.5, 0.6) is 0 Å². The molecule has 2 heterocycles. The van der Waals surface area contributed by atoms with E-state index in [1.165, 1.54) is 54.7 Å². The molecule has 2 aromatic rings. The fourth-order valence-corrected chi connectivity index (χ4v) is 6.79. The van der Waals surface area contributed by atoms with E-state index in [4.69, 9.17) is 0 Å². The van der Waals surface area contributed by atoms with E-state index in [1.807, 2.05) is 40.9 Å². The van der Waals surface area contributed by atoms with E-state index in [9.17, 15) is 14.7 Å². The fourth-order valence-electron chi connectivity index (χ4n) is 5.68. The second-order valence-electron chi connectivity index (χ2n) is 11.0. The largest absolute Gasteiger partial charge is 0.380 e. The van der Waals surface area contributed by atoms with Crippen LogP contribution in [0.15, 0.2) is 47.4 Å². The summed E-state index contributed by atoms with van der Waals surface area (Å²) in [5.74, 6) is 0.860. The van der Waals surface area contributed by atoms with Crippen LogP contribution in [0.1, 0.15) is 75.1 Å². The minimum absolute atomic E-state index is 0.000787. The maximum Gasteiger partial charge on any atom is 0.254 e. The molecule has 2 aliphatic heterocycles. The summed E-state index contributed by atoms with van der Waals surface area (Å²) in [4.78, 5) is 33.0. The smallest absolute Gasteiger partial charge is 0.254 e. The summed E-state index contributed by atoms with van der Waals surface area (Å²) in [6, 6.07) is 14.6. The maximum absolute atomic E-state index is 13.1. The van der Waals surface area contributed by atoms with Gasteiger partial charge in [-0.3, -0.25) is 9.59 Å². The van der Waals surface area contributed by atoms with E-state index < -0.39 is 5.60 Å². The van der Waals surface area contributed by atoms with Gasteiger partial charge in [0.05, 0.1) is 11.6 Å². The Hall–Kier alpha value is -2.51. The molecule has 0 aromatic heterocycles. The Labute approximate surface area is 231 Å². The van der Waals surface area contributed by atoms with Crippen LogP contribution >= 0.6 is 11.8 Å². The molecule has 204 valence electrons. The predicted molar refractivity (Wildman–Crippen MR) is 155 cm³/mol. The summed E-state index contributed by atoms with van der Waals surface area (Å²) >= 11 is 1.91. The molecule has 3 aliphatic rings. The summed E-state index contributed by atoms with van der Waals surface area (Å²) in [7, 11) is 0. The Morgan fingerprint density at radius 2 is 1.53 bits per heavy atom. The normalized spacial score (nSPS) is 18.3. The third kappa shape index (κ3) is 5.89. The van der Waals surface area contributed by atoms with Crippen molar-refractivity contribution in [3.63, 3.8) is 0 Å². The number of aliphatic hydroxyl groups is 1. The number of thioether (sulfide) groups is 1. The molecule has 0 spiro atoms. The van der Waals surface area contributed by atoms with Crippen molar-refractivity contribution >= 4 is 29.3 Å². The topological polar surface area (TPSA) is 64.1 Å². The first kappa shape index (κ1) is 27.1. The minimum Gasteiger partial charge on any atom is -0.380 e. The zero-order valence-corrected chi connectivity index (χ0v) is 23.5. The molecule has 0 radical (unpaired) electrons. The second kappa shape index (κ2) is 12.1. The molecule has 2 amide bonds. The highest BCUT2D eigenvalue weighted by Gasteiger charge is 2.45. The van der Waals surface area contributed by atoms with Crippen LogP contribution in [0.2, 0.25) is 0 Å². The highest BCUT2D eigenvalue weighted by Crippen LogP contribution is 2.41. The Morgan fingerprint density at radius 1 is 0.868 bits per heavy atom. The number of nitrogens with zero attached hydrogens (tertiary/aromatic N) is 3. The molecule has 0 bridgehead atoms. The van der Waals surface area contributed by atoms with E-state index >= 15 is 0 Å². The summed E-state index contributed by atoms with van der Waals surface area (Å²) in [5.41, 5.74) is 3.15. The molecule has 6 nitrogen and oxygen atoms in total. The Bertz CT molecular complexity index is 1120. The van der Waals surface area contributed by atoms with Gasteiger partial charge in [-0.2, -0.15) is 0 Å². The summed E-state index contributed by atoms with van der Waals surface area (Å²) in [6.07, 6.45) is 9.94. The molecule has 1 saturated heterocycles. The maximum atomic E-state index is 13.1. The van der Waals surface area contributed by atoms with Crippen molar-refractivity contribution in [3.05, 3.63) is 48.0 Å². The van der Waals surface area contributed by atoms with Crippen LogP contribution < -0.4 is 4.90 Å². The van der Waals surface area contributed by atoms with E-state index in [-0.39, 0.29) is 11.8 Å². The molecule has 38 heavy (non-hydrogen) atoms. The van der Waals surface area contributed by atoms with Crippen molar-refractivity contribution in [3.8, 4) is 11.1 Å². The minimum atomic E-state index is -1.16. The molecule has 2 fully saturated rings. The van der Waals surface area contributed by atoms with Crippen LogP contribution in [0.4, 0.5) is 5.69 Å². The third-order valence-corrected chi connectivity index (χ3v) is 9.43. The first-order valence-electron chi connectivity index (χ1n) is 14.4. The number of fused-ring (bicyclic) bond motifs is 1. The average molecular weight is 536 g/mol. The first-order chi connectivity index (χ1) is 18.5. The van der Waals surface area contributed by atoms with Crippen molar-refractivity contribution in [1.29, 1.82) is 0 Å². The molecule has 1 N–H and O–H groups in total. The highest BCUT2D eigenvalue weighted by atomic mass is 32.2. The van der Waals surface area contributed by atoms with Gasteiger partial charge in [0.1, 0.15) is 5.60 Å². The van der Waals surface area contributed by atoms with Gasteiger partial charge in [-0.05, 0) is 61.1 Å². The molecular formula is C31H41N3O3S. The van der Waals surface area contributed by atoms with E-state index in [1.54, 1.807) is 4.90 Å². The lowest BCUT2D eigenvalue weighted by atomic mass is 9.79. The predicted octanol–water partition coefficient (Wildman–Crippen LogP) is 5.78. The standard InChI is InChI=1S/C31H41N3O3S/c1-2-3-4-5-6-7-17-34-23-38-28-22-26(13-14-27(28)34)24-9-11-25(12-10-24)29(35)32-18-20-33(21-19-32)30(36)31(37)15-8-16-31/h9-14,22,37H,2-8,15-21,23H2,1H3. The lowest BCUT2D eigenvalue weighted by Crippen LogP contribution is -2.58. The first-order valence-corrected chi connectivity index (χ1v) is 15.4. The summed E-state index contributed by atoms with van der Waals surface area (Å²) in [5, 5.41) is 10.4. The molecule has 0 unspecified atom stereocenters. The highest BCUT2D eigenvalue weighted by molar-refractivity contribution is 7.99. The van der Waals surface area contributed by atoms with Gasteiger partial charge in [0.15, 0.2) is 0 Å². The molecule has 2 aromatic carbocycles. The molecule has 7 heteroatoms. The number of rotatable bonds is 10. The van der Waals surface area contributed by atoms with E-state index in [0.29, 0.717) is 44.6 Å². The van der Waals surface area contributed by atoms with Gasteiger partial charge >= 0.3 is 0 Å². The van der Waals surface area contributed by atoms with Crippen LogP contribution in [0.25, 0.3) is 11.1 Å². The number of piperazine rings is 1. The number of anilines is 1. The second-order valence-corrected chi connectivity index (χ2v) is 12.0. The zero-order valence-electron chi connectivity index (χ0n) is 22.7. The van der Waals surface area contributed by atoms with Crippen molar-refractivity contribution in [2.24, 2.45) is 0 Å².